The number of carboxylic acids is 1. The Kier molecular flexibility index (Phi) is 5.40. The molecule has 1 aromatic carbocycles. The fourth-order valence-corrected chi connectivity index (χ4v) is 1.71. The summed E-state index contributed by atoms with van der Waals surface area (Å²) in [7, 11) is 0. The van der Waals surface area contributed by atoms with E-state index in [1.165, 1.54) is 12.1 Å². The standard InChI is InChI=1S/C13H11BrO4/c1-2-18-12(15)5-3-4-9-6-10(13(16)17)8-11(14)7-9/h6-8H,2,5H2,1H3,(H,16,17). The Labute approximate surface area is 113 Å². The SMILES string of the molecule is CCOC(=O)CC#Cc1cc(Br)cc(C(=O)O)c1. The van der Waals surface area contributed by atoms with Gasteiger partial charge >= 0.3 is 11.9 Å². The summed E-state index contributed by atoms with van der Waals surface area (Å²) in [5, 5.41) is 8.87. The largest absolute Gasteiger partial charge is 0.478 e. The molecule has 0 spiro atoms. The third-order valence-electron chi connectivity index (χ3n) is 1.92. The Bertz CT molecular complexity index is 526. The van der Waals surface area contributed by atoms with Crippen LogP contribution in [0.5, 0.6) is 0 Å². The molecule has 0 bridgehead atoms. The molecule has 5 heteroatoms. The zero-order chi connectivity index (χ0) is 13.5. The maximum atomic E-state index is 11.0. The van der Waals surface area contributed by atoms with E-state index in [9.17, 15) is 9.59 Å². The highest BCUT2D eigenvalue weighted by Gasteiger charge is 2.04. The van der Waals surface area contributed by atoms with Gasteiger partial charge in [-0.25, -0.2) is 4.79 Å². The molecule has 18 heavy (non-hydrogen) atoms. The number of halogens is 1. The van der Waals surface area contributed by atoms with Crippen LogP contribution in [0.25, 0.3) is 0 Å². The highest BCUT2D eigenvalue weighted by molar-refractivity contribution is 9.10. The van der Waals surface area contributed by atoms with Crippen LogP contribution in [0.4, 0.5) is 0 Å². The number of ether oxygens (including phenoxy) is 1. The number of hydrogen-bond donors (Lipinski definition) is 1. The van der Waals surface area contributed by atoms with Gasteiger partial charge in [-0.1, -0.05) is 27.8 Å². The number of benzene rings is 1. The molecule has 1 N–H and O–H groups in total. The number of carbonyl (C=O) groups excluding carboxylic acids is 1. The fourth-order valence-electron chi connectivity index (χ4n) is 1.22. The number of carboxylic acid groups (broad SMARTS) is 1. The highest BCUT2D eigenvalue weighted by Crippen LogP contribution is 2.15. The van der Waals surface area contributed by atoms with Crippen LogP contribution in [0, 0.1) is 11.8 Å². The molecule has 0 aliphatic rings. The molecule has 0 amide bonds. The third-order valence-corrected chi connectivity index (χ3v) is 2.37. The van der Waals surface area contributed by atoms with Gasteiger partial charge in [0.2, 0.25) is 0 Å². The summed E-state index contributed by atoms with van der Waals surface area (Å²) in [5.74, 6) is 3.95. The minimum absolute atomic E-state index is 0.0112. The average molecular weight is 311 g/mol. The van der Waals surface area contributed by atoms with Crippen LogP contribution in [-0.2, 0) is 9.53 Å². The maximum absolute atomic E-state index is 11.0. The number of aromatic carboxylic acids is 1. The average Bonchev–Trinajstić information content (AvgIpc) is 2.28. The van der Waals surface area contributed by atoms with Crippen molar-refractivity contribution < 1.29 is 19.4 Å². The molecule has 0 unspecified atom stereocenters. The second-order valence-electron chi connectivity index (χ2n) is 3.32. The lowest BCUT2D eigenvalue weighted by molar-refractivity contribution is -0.141. The molecule has 0 saturated carbocycles. The van der Waals surface area contributed by atoms with Gasteiger partial charge < -0.3 is 9.84 Å². The van der Waals surface area contributed by atoms with Crippen molar-refractivity contribution in [2.45, 2.75) is 13.3 Å². The Morgan fingerprint density at radius 3 is 2.72 bits per heavy atom. The quantitative estimate of drug-likeness (QED) is 0.688. The molecule has 0 fully saturated rings. The molecule has 0 radical (unpaired) electrons. The van der Waals surface area contributed by atoms with Gasteiger partial charge in [-0.05, 0) is 25.1 Å². The highest BCUT2D eigenvalue weighted by atomic mass is 79.9. The molecule has 4 nitrogen and oxygen atoms in total. The lowest BCUT2D eigenvalue weighted by Gasteiger charge is -1.98. The number of rotatable bonds is 3. The van der Waals surface area contributed by atoms with Crippen molar-refractivity contribution in [3.05, 3.63) is 33.8 Å². The van der Waals surface area contributed by atoms with Crippen molar-refractivity contribution >= 4 is 27.9 Å². The Balaban J connectivity index is 2.82. The molecule has 0 aromatic heterocycles. The monoisotopic (exact) mass is 310 g/mol. The van der Waals surface area contributed by atoms with Crippen molar-refractivity contribution in [2.24, 2.45) is 0 Å². The first-order chi connectivity index (χ1) is 8.52. The van der Waals surface area contributed by atoms with E-state index in [1.54, 1.807) is 13.0 Å². The molecule has 0 saturated heterocycles. The van der Waals surface area contributed by atoms with Crippen molar-refractivity contribution in [2.75, 3.05) is 6.61 Å². The van der Waals surface area contributed by atoms with Gasteiger partial charge in [0.1, 0.15) is 6.42 Å². The predicted octanol–water partition coefficient (Wildman–Crippen LogP) is 2.45. The molecular weight excluding hydrogens is 300 g/mol. The maximum Gasteiger partial charge on any atom is 0.335 e. The molecule has 94 valence electrons. The van der Waals surface area contributed by atoms with E-state index >= 15 is 0 Å². The van der Waals surface area contributed by atoms with E-state index in [0.717, 1.165) is 0 Å². The van der Waals surface area contributed by atoms with Gasteiger partial charge in [0.25, 0.3) is 0 Å². The summed E-state index contributed by atoms with van der Waals surface area (Å²) in [6, 6.07) is 4.62. The zero-order valence-corrected chi connectivity index (χ0v) is 11.3. The van der Waals surface area contributed by atoms with Crippen molar-refractivity contribution in [1.82, 2.24) is 0 Å². The summed E-state index contributed by atoms with van der Waals surface area (Å²) >= 11 is 3.20. The van der Waals surface area contributed by atoms with E-state index in [-0.39, 0.29) is 12.0 Å². The minimum atomic E-state index is -1.02. The molecule has 0 aliphatic carbocycles. The van der Waals surface area contributed by atoms with Gasteiger partial charge in [-0.2, -0.15) is 0 Å². The van der Waals surface area contributed by atoms with E-state index < -0.39 is 11.9 Å². The van der Waals surface area contributed by atoms with Crippen LogP contribution in [0.1, 0.15) is 29.3 Å². The second kappa shape index (κ2) is 6.82. The van der Waals surface area contributed by atoms with Crippen LogP contribution in [0.2, 0.25) is 0 Å². The van der Waals surface area contributed by atoms with E-state index in [4.69, 9.17) is 9.84 Å². The van der Waals surface area contributed by atoms with Gasteiger partial charge in [0, 0.05) is 10.0 Å². The van der Waals surface area contributed by atoms with Gasteiger partial charge in [-0.3, -0.25) is 4.79 Å². The molecule has 0 aliphatic heterocycles. The first-order valence-electron chi connectivity index (χ1n) is 5.21. The lowest BCUT2D eigenvalue weighted by Crippen LogP contribution is -2.01. The van der Waals surface area contributed by atoms with Crippen LogP contribution in [-0.4, -0.2) is 23.7 Å². The summed E-state index contributed by atoms with van der Waals surface area (Å²) in [6.07, 6.45) is -0.0112. The van der Waals surface area contributed by atoms with Gasteiger partial charge in [0.15, 0.2) is 0 Å². The van der Waals surface area contributed by atoms with Crippen LogP contribution in [0.15, 0.2) is 22.7 Å². The van der Waals surface area contributed by atoms with Crippen LogP contribution >= 0.6 is 15.9 Å². The Hall–Kier alpha value is -1.80. The molecular formula is C13H11BrO4. The predicted molar refractivity (Wildman–Crippen MR) is 69.2 cm³/mol. The van der Waals surface area contributed by atoms with Gasteiger partial charge in [-0.15, -0.1) is 0 Å². The van der Waals surface area contributed by atoms with Gasteiger partial charge in [0.05, 0.1) is 12.2 Å². The molecule has 0 atom stereocenters. The normalized spacial score (nSPS) is 9.22. The number of hydrogen-bond acceptors (Lipinski definition) is 3. The van der Waals surface area contributed by atoms with E-state index in [0.29, 0.717) is 16.6 Å². The second-order valence-corrected chi connectivity index (χ2v) is 4.23. The molecule has 1 rings (SSSR count). The van der Waals surface area contributed by atoms with Crippen molar-refractivity contribution in [3.8, 4) is 11.8 Å². The fraction of sp³-hybridized carbons (Fsp3) is 0.231. The van der Waals surface area contributed by atoms with Crippen LogP contribution in [0.3, 0.4) is 0 Å². The Morgan fingerprint density at radius 1 is 1.39 bits per heavy atom. The van der Waals surface area contributed by atoms with Crippen molar-refractivity contribution in [1.29, 1.82) is 0 Å². The number of carbonyl (C=O) groups is 2. The minimum Gasteiger partial charge on any atom is -0.478 e. The zero-order valence-electron chi connectivity index (χ0n) is 9.70. The first kappa shape index (κ1) is 14.3. The summed E-state index contributed by atoms with van der Waals surface area (Å²) in [4.78, 5) is 21.9. The van der Waals surface area contributed by atoms with E-state index in [1.807, 2.05) is 0 Å². The lowest BCUT2D eigenvalue weighted by atomic mass is 10.1. The first-order valence-corrected chi connectivity index (χ1v) is 6.00. The number of esters is 1. The Morgan fingerprint density at radius 2 is 2.11 bits per heavy atom. The molecule has 1 aromatic rings. The molecule has 0 heterocycles. The third kappa shape index (κ3) is 4.60. The topological polar surface area (TPSA) is 63.6 Å². The summed E-state index contributed by atoms with van der Waals surface area (Å²) in [6.45, 7) is 2.04. The van der Waals surface area contributed by atoms with Crippen molar-refractivity contribution in [3.63, 3.8) is 0 Å². The smallest absolute Gasteiger partial charge is 0.335 e. The summed E-state index contributed by atoms with van der Waals surface area (Å²) < 4.78 is 5.35. The van der Waals surface area contributed by atoms with Crippen LogP contribution < -0.4 is 0 Å². The van der Waals surface area contributed by atoms with E-state index in [2.05, 4.69) is 27.8 Å². The summed E-state index contributed by atoms with van der Waals surface area (Å²) in [5.41, 5.74) is 0.677.